The van der Waals surface area contributed by atoms with Gasteiger partial charge in [-0.25, -0.2) is 0 Å². The van der Waals surface area contributed by atoms with Crippen molar-refractivity contribution >= 4 is 11.7 Å². The number of nitrogens with zero attached hydrogens (tertiary/aromatic N) is 1. The first-order chi connectivity index (χ1) is 14.7. The molecule has 2 aromatic rings. The van der Waals surface area contributed by atoms with E-state index in [9.17, 15) is 19.8 Å². The second kappa shape index (κ2) is 9.25. The maximum Gasteiger partial charge on any atom is 0.290 e. The highest BCUT2D eigenvalue weighted by molar-refractivity contribution is 6.09. The minimum atomic E-state index is -0.722. The number of rotatable bonds is 8. The third-order valence-corrected chi connectivity index (χ3v) is 5.16. The molecule has 0 saturated heterocycles. The van der Waals surface area contributed by atoms with Crippen molar-refractivity contribution in [1.29, 1.82) is 0 Å². The van der Waals surface area contributed by atoms with E-state index in [0.717, 1.165) is 11.3 Å². The Morgan fingerprint density at radius 1 is 1.00 bits per heavy atom. The van der Waals surface area contributed by atoms with Crippen molar-refractivity contribution in [2.75, 3.05) is 6.61 Å². The molecule has 2 aromatic carbocycles. The predicted molar refractivity (Wildman–Crippen MR) is 118 cm³/mol. The molecule has 1 aliphatic heterocycles. The molecule has 0 saturated carbocycles. The van der Waals surface area contributed by atoms with Gasteiger partial charge in [-0.3, -0.25) is 9.59 Å². The Labute approximate surface area is 182 Å². The molecule has 1 unspecified atom stereocenters. The number of amides is 1. The predicted octanol–water partition coefficient (Wildman–Crippen LogP) is 4.55. The lowest BCUT2D eigenvalue weighted by atomic mass is 9.91. The number of carbonyl (C=O) groups is 2. The highest BCUT2D eigenvalue weighted by Crippen LogP contribution is 2.40. The molecule has 1 heterocycles. The number of Topliss-reactive ketones (excluding diaryl/α,β-unsaturated/α-hetero) is 1. The van der Waals surface area contributed by atoms with E-state index in [1.807, 2.05) is 24.3 Å². The molecule has 0 aromatic heterocycles. The number of aliphatic hydroxyl groups is 1. The van der Waals surface area contributed by atoms with Gasteiger partial charge in [0.05, 0.1) is 18.2 Å². The number of hydrogen-bond acceptors (Lipinski definition) is 5. The quantitative estimate of drug-likeness (QED) is 0.651. The van der Waals surface area contributed by atoms with Crippen LogP contribution >= 0.6 is 0 Å². The minimum absolute atomic E-state index is 0.0848. The van der Waals surface area contributed by atoms with Crippen LogP contribution in [0, 0.1) is 11.8 Å². The number of ketones is 1. The lowest BCUT2D eigenvalue weighted by molar-refractivity contribution is -0.130. The molecule has 3 rings (SSSR count). The molecular formula is C25H29NO5. The zero-order chi connectivity index (χ0) is 22.7. The van der Waals surface area contributed by atoms with Crippen molar-refractivity contribution in [2.45, 2.75) is 40.3 Å². The van der Waals surface area contributed by atoms with E-state index in [0.29, 0.717) is 18.1 Å². The summed E-state index contributed by atoms with van der Waals surface area (Å²) in [6, 6.07) is 13.1. The molecule has 2 N–H and O–H groups in total. The van der Waals surface area contributed by atoms with Crippen LogP contribution in [-0.4, -0.2) is 33.4 Å². The minimum Gasteiger partial charge on any atom is -0.508 e. The van der Waals surface area contributed by atoms with Crippen molar-refractivity contribution in [2.24, 2.45) is 11.8 Å². The molecule has 164 valence electrons. The summed E-state index contributed by atoms with van der Waals surface area (Å²) in [5, 5.41) is 20.2. The van der Waals surface area contributed by atoms with Crippen LogP contribution in [0.2, 0.25) is 0 Å². The van der Waals surface area contributed by atoms with Crippen molar-refractivity contribution in [1.82, 2.24) is 4.90 Å². The molecule has 1 amide bonds. The first-order valence-electron chi connectivity index (χ1n) is 10.5. The molecule has 0 radical (unpaired) electrons. The maximum absolute atomic E-state index is 12.9. The average Bonchev–Trinajstić information content (AvgIpc) is 2.98. The summed E-state index contributed by atoms with van der Waals surface area (Å²) in [4.78, 5) is 27.3. The van der Waals surface area contributed by atoms with Crippen LogP contribution in [-0.2, 0) is 16.1 Å². The number of phenolic OH excluding ortho intramolecular Hbond substituents is 1. The van der Waals surface area contributed by atoms with Gasteiger partial charge in [-0.2, -0.15) is 0 Å². The molecule has 6 heteroatoms. The topological polar surface area (TPSA) is 87.1 Å². The normalized spacial score (nSPS) is 16.5. The SMILES string of the molecule is CC(C)COc1ccc(CN2C(=O)C(O)=C(C(=O)C(C)C)C2c2ccc(O)cc2)cc1. The summed E-state index contributed by atoms with van der Waals surface area (Å²) >= 11 is 0. The van der Waals surface area contributed by atoms with E-state index in [4.69, 9.17) is 4.74 Å². The van der Waals surface area contributed by atoms with Gasteiger partial charge in [-0.05, 0) is 41.3 Å². The van der Waals surface area contributed by atoms with Gasteiger partial charge < -0.3 is 19.8 Å². The van der Waals surface area contributed by atoms with E-state index >= 15 is 0 Å². The first-order valence-corrected chi connectivity index (χ1v) is 10.5. The van der Waals surface area contributed by atoms with E-state index in [-0.39, 0.29) is 29.6 Å². The van der Waals surface area contributed by atoms with Gasteiger partial charge in [-0.15, -0.1) is 0 Å². The van der Waals surface area contributed by atoms with Crippen LogP contribution in [0.15, 0.2) is 59.9 Å². The van der Waals surface area contributed by atoms with Gasteiger partial charge in [0.25, 0.3) is 5.91 Å². The van der Waals surface area contributed by atoms with Crippen LogP contribution in [0.25, 0.3) is 0 Å². The van der Waals surface area contributed by atoms with Crippen LogP contribution < -0.4 is 4.74 Å². The first kappa shape index (κ1) is 22.4. The third kappa shape index (κ3) is 4.90. The van der Waals surface area contributed by atoms with E-state index in [2.05, 4.69) is 13.8 Å². The number of ether oxygens (including phenoxy) is 1. The number of aromatic hydroxyl groups is 1. The van der Waals surface area contributed by atoms with Gasteiger partial charge in [0.1, 0.15) is 11.5 Å². The van der Waals surface area contributed by atoms with Crippen molar-refractivity contribution in [3.8, 4) is 11.5 Å². The Morgan fingerprint density at radius 3 is 2.16 bits per heavy atom. The Balaban J connectivity index is 1.91. The standard InChI is InChI=1S/C25H29NO5/c1-15(2)14-31-20-11-5-17(6-12-20)13-26-22(18-7-9-19(27)10-8-18)21(23(28)16(3)4)24(29)25(26)30/h5-12,15-16,22,27,29H,13-14H2,1-4H3. The average molecular weight is 424 g/mol. The van der Waals surface area contributed by atoms with E-state index in [1.165, 1.54) is 17.0 Å². The molecular weight excluding hydrogens is 394 g/mol. The van der Waals surface area contributed by atoms with Crippen molar-refractivity contribution in [3.05, 3.63) is 71.0 Å². The molecule has 0 fully saturated rings. The number of phenols is 1. The summed E-state index contributed by atoms with van der Waals surface area (Å²) in [7, 11) is 0. The smallest absolute Gasteiger partial charge is 0.290 e. The van der Waals surface area contributed by atoms with Crippen molar-refractivity contribution in [3.63, 3.8) is 0 Å². The number of benzene rings is 2. The monoisotopic (exact) mass is 423 g/mol. The van der Waals surface area contributed by atoms with Gasteiger partial charge in [0.15, 0.2) is 11.5 Å². The highest BCUT2D eigenvalue weighted by Gasteiger charge is 2.43. The van der Waals surface area contributed by atoms with E-state index in [1.54, 1.807) is 26.0 Å². The Morgan fingerprint density at radius 2 is 1.61 bits per heavy atom. The molecule has 1 aliphatic rings. The molecule has 6 nitrogen and oxygen atoms in total. The fourth-order valence-electron chi connectivity index (χ4n) is 3.53. The van der Waals surface area contributed by atoms with Crippen LogP contribution in [0.4, 0.5) is 0 Å². The summed E-state index contributed by atoms with van der Waals surface area (Å²) in [6.45, 7) is 8.46. The van der Waals surface area contributed by atoms with Crippen molar-refractivity contribution < 1.29 is 24.5 Å². The summed E-state index contributed by atoms with van der Waals surface area (Å²) in [6.07, 6.45) is 0. The lowest BCUT2D eigenvalue weighted by Crippen LogP contribution is -2.31. The molecule has 31 heavy (non-hydrogen) atoms. The van der Waals surface area contributed by atoms with Crippen LogP contribution in [0.1, 0.15) is 44.9 Å². The number of carbonyl (C=O) groups excluding carboxylic acids is 2. The van der Waals surface area contributed by atoms with Crippen LogP contribution in [0.3, 0.4) is 0 Å². The number of hydrogen-bond donors (Lipinski definition) is 2. The van der Waals surface area contributed by atoms with Gasteiger partial charge in [0, 0.05) is 12.5 Å². The zero-order valence-corrected chi connectivity index (χ0v) is 18.3. The van der Waals surface area contributed by atoms with Crippen LogP contribution in [0.5, 0.6) is 11.5 Å². The fraction of sp³-hybridized carbons (Fsp3) is 0.360. The highest BCUT2D eigenvalue weighted by atomic mass is 16.5. The zero-order valence-electron chi connectivity index (χ0n) is 18.3. The molecule has 0 spiro atoms. The Kier molecular flexibility index (Phi) is 6.68. The lowest BCUT2D eigenvalue weighted by Gasteiger charge is -2.27. The summed E-state index contributed by atoms with van der Waals surface area (Å²) < 4.78 is 5.71. The third-order valence-electron chi connectivity index (χ3n) is 5.16. The molecule has 1 atom stereocenters. The van der Waals surface area contributed by atoms with Gasteiger partial charge >= 0.3 is 0 Å². The van der Waals surface area contributed by atoms with Gasteiger partial charge in [-0.1, -0.05) is 52.0 Å². The number of aliphatic hydroxyl groups excluding tert-OH is 1. The summed E-state index contributed by atoms with van der Waals surface area (Å²) in [5.41, 5.74) is 1.60. The summed E-state index contributed by atoms with van der Waals surface area (Å²) in [5.74, 6) is -0.487. The maximum atomic E-state index is 12.9. The Bertz CT molecular complexity index is 974. The molecule has 0 aliphatic carbocycles. The van der Waals surface area contributed by atoms with Gasteiger partial charge in [0.2, 0.25) is 0 Å². The second-order valence-corrected chi connectivity index (χ2v) is 8.56. The fourth-order valence-corrected chi connectivity index (χ4v) is 3.53. The van der Waals surface area contributed by atoms with E-state index < -0.39 is 17.7 Å². The largest absolute Gasteiger partial charge is 0.508 e. The molecule has 0 bridgehead atoms. The Hall–Kier alpha value is -3.28. The second-order valence-electron chi connectivity index (χ2n) is 8.56.